The number of carbonyl (C=O) groups excluding carboxylic acids is 2. The molecule has 2 aromatic carbocycles. The molecule has 0 atom stereocenters. The van der Waals surface area contributed by atoms with Crippen molar-refractivity contribution in [2.45, 2.75) is 19.3 Å². The molecular formula is C24H25N3O2. The van der Waals surface area contributed by atoms with E-state index < -0.39 is 0 Å². The summed E-state index contributed by atoms with van der Waals surface area (Å²) in [5.74, 6) is 0.320. The van der Waals surface area contributed by atoms with Crippen LogP contribution in [0.2, 0.25) is 0 Å². The lowest BCUT2D eigenvalue weighted by molar-refractivity contribution is -0.142. The maximum atomic E-state index is 13.0. The Balaban J connectivity index is 1.16. The largest absolute Gasteiger partial charge is 0.361 e. The van der Waals surface area contributed by atoms with E-state index in [4.69, 9.17) is 0 Å². The van der Waals surface area contributed by atoms with Gasteiger partial charge in [-0.05, 0) is 42.7 Å². The van der Waals surface area contributed by atoms with Crippen LogP contribution in [0.15, 0.2) is 60.8 Å². The summed E-state index contributed by atoms with van der Waals surface area (Å²) in [5.41, 5.74) is 3.08. The fraction of sp³-hybridized carbons (Fsp3) is 0.333. The standard InChI is InChI=1S/C24H25N3O2/c28-22(9-6-18-4-2-1-3-5-18)27-16-24(17-27)11-13-26(15-24)23(29)20-7-8-21-19(14-20)10-12-25-21/h1-5,7-8,10,12,14,25H,6,9,11,13,15-17H2. The van der Waals surface area contributed by atoms with Crippen molar-refractivity contribution in [3.63, 3.8) is 0 Å². The van der Waals surface area contributed by atoms with Crippen molar-refractivity contribution >= 4 is 22.7 Å². The van der Waals surface area contributed by atoms with Crippen LogP contribution in [0.5, 0.6) is 0 Å². The van der Waals surface area contributed by atoms with Crippen molar-refractivity contribution in [3.8, 4) is 0 Å². The first-order valence-corrected chi connectivity index (χ1v) is 10.3. The van der Waals surface area contributed by atoms with Gasteiger partial charge in [-0.3, -0.25) is 9.59 Å². The van der Waals surface area contributed by atoms with Gasteiger partial charge >= 0.3 is 0 Å². The number of rotatable bonds is 4. The molecule has 2 aliphatic rings. The molecule has 148 valence electrons. The van der Waals surface area contributed by atoms with Gasteiger partial charge in [-0.2, -0.15) is 0 Å². The van der Waals surface area contributed by atoms with Gasteiger partial charge in [0.2, 0.25) is 5.91 Å². The number of hydrogen-bond acceptors (Lipinski definition) is 2. The SMILES string of the molecule is O=C(CCc1ccccc1)N1CC2(CCN(C(=O)c3ccc4[nH]ccc4c3)C2)C1. The summed E-state index contributed by atoms with van der Waals surface area (Å²) in [5, 5.41) is 1.06. The van der Waals surface area contributed by atoms with Crippen LogP contribution in [0.3, 0.4) is 0 Å². The van der Waals surface area contributed by atoms with Gasteiger partial charge in [0.25, 0.3) is 5.91 Å². The number of aromatic nitrogens is 1. The molecule has 2 amide bonds. The van der Waals surface area contributed by atoms with Crippen LogP contribution in [-0.4, -0.2) is 52.8 Å². The van der Waals surface area contributed by atoms with Gasteiger partial charge < -0.3 is 14.8 Å². The van der Waals surface area contributed by atoms with E-state index in [0.29, 0.717) is 6.42 Å². The Morgan fingerprint density at radius 2 is 1.76 bits per heavy atom. The van der Waals surface area contributed by atoms with Crippen molar-refractivity contribution in [1.29, 1.82) is 0 Å². The smallest absolute Gasteiger partial charge is 0.253 e. The molecule has 2 aliphatic heterocycles. The first kappa shape index (κ1) is 18.0. The number of hydrogen-bond donors (Lipinski definition) is 1. The van der Waals surface area contributed by atoms with E-state index in [1.54, 1.807) is 0 Å². The van der Waals surface area contributed by atoms with E-state index in [1.807, 2.05) is 58.5 Å². The van der Waals surface area contributed by atoms with Crippen molar-refractivity contribution < 1.29 is 9.59 Å². The fourth-order valence-corrected chi connectivity index (χ4v) is 4.73. The van der Waals surface area contributed by atoms with Gasteiger partial charge in [-0.25, -0.2) is 0 Å². The number of nitrogens with one attached hydrogen (secondary N) is 1. The molecule has 2 fully saturated rings. The van der Waals surface area contributed by atoms with E-state index in [-0.39, 0.29) is 17.2 Å². The number of H-pyrrole nitrogens is 1. The summed E-state index contributed by atoms with van der Waals surface area (Å²) in [6.45, 7) is 3.08. The monoisotopic (exact) mass is 387 g/mol. The first-order valence-electron chi connectivity index (χ1n) is 10.3. The van der Waals surface area contributed by atoms with Crippen LogP contribution in [0.1, 0.15) is 28.8 Å². The second kappa shape index (κ2) is 7.07. The lowest BCUT2D eigenvalue weighted by Crippen LogP contribution is -2.59. The van der Waals surface area contributed by atoms with Gasteiger partial charge in [0.05, 0.1) is 0 Å². The van der Waals surface area contributed by atoms with Gasteiger partial charge in [-0.1, -0.05) is 30.3 Å². The summed E-state index contributed by atoms with van der Waals surface area (Å²) in [7, 11) is 0. The lowest BCUT2D eigenvalue weighted by atomic mass is 9.79. The Morgan fingerprint density at radius 3 is 2.59 bits per heavy atom. The molecule has 1 aromatic heterocycles. The van der Waals surface area contributed by atoms with E-state index in [0.717, 1.165) is 55.5 Å². The Kier molecular flexibility index (Phi) is 4.38. The van der Waals surface area contributed by atoms with E-state index >= 15 is 0 Å². The molecule has 0 radical (unpaired) electrons. The Labute approximate surface area is 170 Å². The molecule has 5 nitrogen and oxygen atoms in total. The third kappa shape index (κ3) is 3.41. The van der Waals surface area contributed by atoms with Crippen molar-refractivity contribution in [3.05, 3.63) is 71.9 Å². The average molecular weight is 387 g/mol. The molecule has 0 unspecified atom stereocenters. The summed E-state index contributed by atoms with van der Waals surface area (Å²) in [4.78, 5) is 32.5. The quantitative estimate of drug-likeness (QED) is 0.745. The zero-order chi connectivity index (χ0) is 19.8. The predicted octanol–water partition coefficient (Wildman–Crippen LogP) is 3.48. The Hall–Kier alpha value is -3.08. The van der Waals surface area contributed by atoms with Crippen LogP contribution in [0.4, 0.5) is 0 Å². The van der Waals surface area contributed by atoms with Gasteiger partial charge in [0, 0.05) is 60.7 Å². The van der Waals surface area contributed by atoms with Crippen LogP contribution in [0, 0.1) is 5.41 Å². The molecular weight excluding hydrogens is 362 g/mol. The van der Waals surface area contributed by atoms with Gasteiger partial charge in [-0.15, -0.1) is 0 Å². The lowest BCUT2D eigenvalue weighted by Gasteiger charge is -2.48. The van der Waals surface area contributed by atoms with Gasteiger partial charge in [0.1, 0.15) is 0 Å². The maximum Gasteiger partial charge on any atom is 0.253 e. The zero-order valence-electron chi connectivity index (χ0n) is 16.4. The Bertz CT molecular complexity index is 1050. The highest BCUT2D eigenvalue weighted by atomic mass is 16.2. The predicted molar refractivity (Wildman–Crippen MR) is 113 cm³/mol. The van der Waals surface area contributed by atoms with Gasteiger partial charge in [0.15, 0.2) is 0 Å². The molecule has 3 aromatic rings. The van der Waals surface area contributed by atoms with Crippen molar-refractivity contribution in [2.24, 2.45) is 5.41 Å². The van der Waals surface area contributed by atoms with Crippen LogP contribution in [-0.2, 0) is 11.2 Å². The third-order valence-corrected chi connectivity index (χ3v) is 6.40. The minimum atomic E-state index is 0.0935. The van der Waals surface area contributed by atoms with Crippen LogP contribution >= 0.6 is 0 Å². The fourth-order valence-electron chi connectivity index (χ4n) is 4.73. The summed E-state index contributed by atoms with van der Waals surface area (Å²) in [6.07, 6.45) is 4.21. The summed E-state index contributed by atoms with van der Waals surface area (Å²) in [6, 6.07) is 18.0. The molecule has 2 saturated heterocycles. The number of amides is 2. The average Bonchev–Trinajstić information content (AvgIpc) is 3.38. The minimum Gasteiger partial charge on any atom is -0.361 e. The molecule has 0 saturated carbocycles. The second-order valence-electron chi connectivity index (χ2n) is 8.49. The molecule has 1 spiro atoms. The molecule has 3 heterocycles. The number of aryl methyl sites for hydroxylation is 1. The number of fused-ring (bicyclic) bond motifs is 1. The van der Waals surface area contributed by atoms with E-state index in [2.05, 4.69) is 17.1 Å². The van der Waals surface area contributed by atoms with Crippen molar-refractivity contribution in [1.82, 2.24) is 14.8 Å². The molecule has 5 heteroatoms. The maximum absolute atomic E-state index is 13.0. The topological polar surface area (TPSA) is 56.4 Å². The first-order chi connectivity index (χ1) is 14.1. The number of aromatic amines is 1. The highest BCUT2D eigenvalue weighted by Crippen LogP contribution is 2.40. The zero-order valence-corrected chi connectivity index (χ0v) is 16.4. The minimum absolute atomic E-state index is 0.0935. The molecule has 0 aliphatic carbocycles. The number of likely N-dealkylation sites (tertiary alicyclic amines) is 2. The molecule has 0 bridgehead atoms. The van der Waals surface area contributed by atoms with E-state index in [1.165, 1.54) is 5.56 Å². The van der Waals surface area contributed by atoms with Crippen LogP contribution in [0.25, 0.3) is 10.9 Å². The summed E-state index contributed by atoms with van der Waals surface area (Å²) >= 11 is 0. The number of benzene rings is 2. The van der Waals surface area contributed by atoms with Crippen molar-refractivity contribution in [2.75, 3.05) is 26.2 Å². The Morgan fingerprint density at radius 1 is 0.966 bits per heavy atom. The van der Waals surface area contributed by atoms with E-state index in [9.17, 15) is 9.59 Å². The summed E-state index contributed by atoms with van der Waals surface area (Å²) < 4.78 is 0. The number of carbonyl (C=O) groups is 2. The highest BCUT2D eigenvalue weighted by Gasteiger charge is 2.50. The third-order valence-electron chi connectivity index (χ3n) is 6.40. The molecule has 29 heavy (non-hydrogen) atoms. The number of nitrogens with zero attached hydrogens (tertiary/aromatic N) is 2. The highest BCUT2D eigenvalue weighted by molar-refractivity contribution is 5.98. The molecule has 5 rings (SSSR count). The normalized spacial score (nSPS) is 17.7. The van der Waals surface area contributed by atoms with Crippen LogP contribution < -0.4 is 0 Å². The second-order valence-corrected chi connectivity index (χ2v) is 8.49. The molecule has 1 N–H and O–H groups in total.